The lowest BCUT2D eigenvalue weighted by Crippen LogP contribution is -2.38. The minimum Gasteiger partial charge on any atom is -0.342 e. The number of hydrogen-bond acceptors (Lipinski definition) is 4. The molecular weight excluding hydrogens is 374 g/mol. The van der Waals surface area contributed by atoms with E-state index in [1.54, 1.807) is 29.9 Å². The first-order valence-corrected chi connectivity index (χ1v) is 10.2. The molecule has 1 aliphatic rings. The molecule has 1 saturated heterocycles. The van der Waals surface area contributed by atoms with E-state index in [0.717, 1.165) is 42.8 Å². The van der Waals surface area contributed by atoms with E-state index in [1.165, 1.54) is 0 Å². The first-order chi connectivity index (χ1) is 14.5. The monoisotopic (exact) mass is 399 g/mol. The normalized spacial score (nSPS) is 14.5. The van der Waals surface area contributed by atoms with E-state index in [-0.39, 0.29) is 5.56 Å². The number of benzene rings is 1. The Morgan fingerprint density at radius 1 is 1.07 bits per heavy atom. The smallest absolute Gasteiger partial charge is 0.263 e. The third kappa shape index (κ3) is 3.71. The highest BCUT2D eigenvalue weighted by atomic mass is 16.1. The maximum Gasteiger partial charge on any atom is 0.263 e. The molecule has 0 spiro atoms. The zero-order chi connectivity index (χ0) is 21.3. The molecule has 0 bridgehead atoms. The molecule has 6 heteroatoms. The van der Waals surface area contributed by atoms with Crippen molar-refractivity contribution in [3.05, 3.63) is 70.1 Å². The Morgan fingerprint density at radius 2 is 1.73 bits per heavy atom. The molecule has 1 fully saturated rings. The molecule has 0 radical (unpaired) electrons. The summed E-state index contributed by atoms with van der Waals surface area (Å²) >= 11 is 0. The van der Waals surface area contributed by atoms with E-state index in [2.05, 4.69) is 21.7 Å². The molecular formula is C24H25N5O. The lowest BCUT2D eigenvalue weighted by Gasteiger charge is -2.32. The molecule has 0 aliphatic carbocycles. The zero-order valence-corrected chi connectivity index (χ0v) is 17.6. The molecule has 3 aromatic rings. The predicted molar refractivity (Wildman–Crippen MR) is 120 cm³/mol. The highest BCUT2D eigenvalue weighted by Gasteiger charge is 2.24. The molecule has 0 N–H and O–H groups in total. The van der Waals surface area contributed by atoms with Gasteiger partial charge in [-0.3, -0.25) is 14.3 Å². The summed E-state index contributed by atoms with van der Waals surface area (Å²) < 4.78 is 1.65. The van der Waals surface area contributed by atoms with Crippen LogP contribution in [0.4, 0.5) is 11.6 Å². The van der Waals surface area contributed by atoms with Crippen molar-refractivity contribution in [3.8, 4) is 22.4 Å². The van der Waals surface area contributed by atoms with Gasteiger partial charge in [-0.25, -0.2) is 9.83 Å². The molecule has 1 aliphatic heterocycles. The summed E-state index contributed by atoms with van der Waals surface area (Å²) in [5, 5.41) is 0. The average molecular weight is 399 g/mol. The van der Waals surface area contributed by atoms with Crippen molar-refractivity contribution in [2.45, 2.75) is 26.7 Å². The van der Waals surface area contributed by atoms with Gasteiger partial charge in [-0.1, -0.05) is 37.3 Å². The van der Waals surface area contributed by atoms with E-state index in [4.69, 9.17) is 11.6 Å². The third-order valence-electron chi connectivity index (χ3n) is 5.80. The van der Waals surface area contributed by atoms with Gasteiger partial charge < -0.3 is 4.90 Å². The summed E-state index contributed by atoms with van der Waals surface area (Å²) in [5.41, 5.74) is 4.10. The topological polar surface area (TPSA) is 55.4 Å². The second kappa shape index (κ2) is 8.11. The summed E-state index contributed by atoms with van der Waals surface area (Å²) in [6, 6.07) is 11.1. The van der Waals surface area contributed by atoms with Crippen LogP contribution in [0.2, 0.25) is 0 Å². The zero-order valence-electron chi connectivity index (χ0n) is 17.6. The van der Waals surface area contributed by atoms with Crippen LogP contribution in [0.3, 0.4) is 0 Å². The van der Waals surface area contributed by atoms with E-state index in [1.807, 2.05) is 31.2 Å². The largest absolute Gasteiger partial charge is 0.342 e. The number of rotatable bonds is 3. The van der Waals surface area contributed by atoms with Gasteiger partial charge in [0.2, 0.25) is 5.95 Å². The Bertz CT molecular complexity index is 1150. The number of aromatic nitrogens is 3. The van der Waals surface area contributed by atoms with Crippen LogP contribution >= 0.6 is 0 Å². The molecule has 1 aromatic carbocycles. The lowest BCUT2D eigenvalue weighted by molar-refractivity contribution is 0.431. The molecule has 0 atom stereocenters. The fraction of sp³-hybridized carbons (Fsp3) is 0.333. The summed E-state index contributed by atoms with van der Waals surface area (Å²) in [4.78, 5) is 28.6. The summed E-state index contributed by atoms with van der Waals surface area (Å²) in [5.74, 6) is 1.39. The summed E-state index contributed by atoms with van der Waals surface area (Å²) in [6.45, 7) is 13.2. The number of aryl methyl sites for hydroxylation is 1. The summed E-state index contributed by atoms with van der Waals surface area (Å²) in [6.07, 6.45) is 3.91. The quantitative estimate of drug-likeness (QED) is 0.604. The number of piperidine rings is 1. The third-order valence-corrected chi connectivity index (χ3v) is 5.80. The van der Waals surface area contributed by atoms with Crippen molar-refractivity contribution in [1.29, 1.82) is 0 Å². The van der Waals surface area contributed by atoms with Crippen molar-refractivity contribution in [1.82, 2.24) is 14.5 Å². The second-order valence-electron chi connectivity index (χ2n) is 8.02. The maximum absolute atomic E-state index is 13.5. The van der Waals surface area contributed by atoms with Crippen LogP contribution in [-0.2, 0) is 7.05 Å². The highest BCUT2D eigenvalue weighted by Crippen LogP contribution is 2.31. The molecule has 0 unspecified atom stereocenters. The van der Waals surface area contributed by atoms with E-state index >= 15 is 0 Å². The van der Waals surface area contributed by atoms with Gasteiger partial charge in [0.15, 0.2) is 5.69 Å². The molecule has 6 nitrogen and oxygen atoms in total. The Balaban J connectivity index is 1.92. The average Bonchev–Trinajstić information content (AvgIpc) is 2.77. The van der Waals surface area contributed by atoms with Crippen molar-refractivity contribution in [2.75, 3.05) is 18.0 Å². The predicted octanol–water partition coefficient (Wildman–Crippen LogP) is 4.60. The van der Waals surface area contributed by atoms with Crippen molar-refractivity contribution in [3.63, 3.8) is 0 Å². The fourth-order valence-electron chi connectivity index (χ4n) is 3.86. The molecule has 0 amide bonds. The van der Waals surface area contributed by atoms with E-state index in [9.17, 15) is 4.79 Å². The van der Waals surface area contributed by atoms with Gasteiger partial charge in [0.1, 0.15) is 0 Å². The van der Waals surface area contributed by atoms with Gasteiger partial charge in [-0.15, -0.1) is 0 Å². The van der Waals surface area contributed by atoms with E-state index < -0.39 is 0 Å². The van der Waals surface area contributed by atoms with Crippen LogP contribution in [0.25, 0.3) is 27.2 Å². The van der Waals surface area contributed by atoms with Crippen LogP contribution < -0.4 is 10.5 Å². The molecule has 0 saturated carbocycles. The molecule has 30 heavy (non-hydrogen) atoms. The van der Waals surface area contributed by atoms with Gasteiger partial charge in [-0.2, -0.15) is 0 Å². The fourth-order valence-corrected chi connectivity index (χ4v) is 3.86. The number of nitrogens with zero attached hydrogens (tertiary/aromatic N) is 5. The molecule has 152 valence electrons. The SMILES string of the molecule is [C-]#[N+]c1ccc(-c2nc(N3CCC(C)CC3)n(C)c(=O)c2-c2ccc(C)nc2)cc1. The Labute approximate surface area is 176 Å². The summed E-state index contributed by atoms with van der Waals surface area (Å²) in [7, 11) is 1.79. The van der Waals surface area contributed by atoms with Crippen LogP contribution in [-0.4, -0.2) is 27.6 Å². The lowest BCUT2D eigenvalue weighted by atomic mass is 9.99. The van der Waals surface area contributed by atoms with Gasteiger partial charge in [0, 0.05) is 37.6 Å². The van der Waals surface area contributed by atoms with E-state index in [0.29, 0.717) is 28.8 Å². The van der Waals surface area contributed by atoms with Gasteiger partial charge in [0.05, 0.1) is 17.8 Å². The van der Waals surface area contributed by atoms with Gasteiger partial charge in [-0.05, 0) is 37.3 Å². The van der Waals surface area contributed by atoms with Gasteiger partial charge in [0.25, 0.3) is 5.56 Å². The number of anilines is 1. The minimum atomic E-state index is -0.0893. The van der Waals surface area contributed by atoms with Crippen LogP contribution in [0, 0.1) is 19.4 Å². The molecule has 4 rings (SSSR count). The van der Waals surface area contributed by atoms with Crippen LogP contribution in [0.5, 0.6) is 0 Å². The highest BCUT2D eigenvalue weighted by molar-refractivity contribution is 5.81. The van der Waals surface area contributed by atoms with Crippen LogP contribution in [0.15, 0.2) is 47.4 Å². The second-order valence-corrected chi connectivity index (χ2v) is 8.02. The minimum absolute atomic E-state index is 0.0893. The number of hydrogen-bond donors (Lipinski definition) is 0. The standard InChI is InChI=1S/C24H25N5O/c1-16-11-13-29(14-12-16)24-27-22(18-7-9-20(25-3)10-8-18)21(23(30)28(24)4)19-6-5-17(2)26-15-19/h5-10,15-16H,11-14H2,1-2,4H3. The Hall–Kier alpha value is -3.46. The van der Waals surface area contributed by atoms with Crippen LogP contribution in [0.1, 0.15) is 25.5 Å². The molecule has 2 aromatic heterocycles. The van der Waals surface area contributed by atoms with Gasteiger partial charge >= 0.3 is 0 Å². The Morgan fingerprint density at radius 3 is 2.33 bits per heavy atom. The maximum atomic E-state index is 13.5. The van der Waals surface area contributed by atoms with Crippen molar-refractivity contribution < 1.29 is 0 Å². The first-order valence-electron chi connectivity index (χ1n) is 10.2. The Kier molecular flexibility index (Phi) is 5.37. The van der Waals surface area contributed by atoms with Crippen molar-refractivity contribution in [2.24, 2.45) is 13.0 Å². The van der Waals surface area contributed by atoms with Crippen molar-refractivity contribution >= 4 is 11.6 Å². The first kappa shape index (κ1) is 19.8. The molecule has 3 heterocycles. The number of pyridine rings is 1.